The normalized spacial score (nSPS) is 12.7. The highest BCUT2D eigenvalue weighted by atomic mass is 35.5. The van der Waals surface area contributed by atoms with E-state index in [1.54, 1.807) is 11.3 Å². The van der Waals surface area contributed by atoms with Gasteiger partial charge in [0, 0.05) is 20.5 Å². The van der Waals surface area contributed by atoms with Crippen LogP contribution in [0.2, 0.25) is 10.0 Å². The molecule has 1 N–H and O–H groups in total. The number of benzene rings is 1. The third-order valence-corrected chi connectivity index (χ3v) is 4.67. The van der Waals surface area contributed by atoms with E-state index in [-0.39, 0.29) is 6.04 Å². The highest BCUT2D eigenvalue weighted by molar-refractivity contribution is 7.11. The molecule has 0 spiro atoms. The van der Waals surface area contributed by atoms with Crippen molar-refractivity contribution in [2.45, 2.75) is 19.9 Å². The SMILES string of the molecule is CNC(c1nc(C)c(C)s1)c1c(Cl)cccc1Cl. The predicted molar refractivity (Wildman–Crippen MR) is 79.0 cm³/mol. The van der Waals surface area contributed by atoms with E-state index in [4.69, 9.17) is 23.2 Å². The van der Waals surface area contributed by atoms with Crippen LogP contribution in [0.15, 0.2) is 18.2 Å². The monoisotopic (exact) mass is 300 g/mol. The number of nitrogens with one attached hydrogen (secondary N) is 1. The van der Waals surface area contributed by atoms with E-state index in [0.717, 1.165) is 16.3 Å². The number of hydrogen-bond acceptors (Lipinski definition) is 3. The van der Waals surface area contributed by atoms with Gasteiger partial charge in [-0.15, -0.1) is 11.3 Å². The number of thiazole rings is 1. The first-order valence-electron chi connectivity index (χ1n) is 5.59. The van der Waals surface area contributed by atoms with Gasteiger partial charge in [-0.3, -0.25) is 0 Å². The predicted octanol–water partition coefficient (Wildman–Crippen LogP) is 4.38. The molecule has 0 aliphatic heterocycles. The fourth-order valence-electron chi connectivity index (χ4n) is 1.80. The number of aromatic nitrogens is 1. The molecule has 0 saturated carbocycles. The van der Waals surface area contributed by atoms with Crippen LogP contribution in [0, 0.1) is 13.8 Å². The molecular weight excluding hydrogens is 287 g/mol. The zero-order chi connectivity index (χ0) is 13.3. The zero-order valence-corrected chi connectivity index (χ0v) is 12.7. The van der Waals surface area contributed by atoms with Crippen LogP contribution in [-0.4, -0.2) is 12.0 Å². The number of aryl methyl sites for hydroxylation is 2. The third-order valence-electron chi connectivity index (χ3n) is 2.87. The smallest absolute Gasteiger partial charge is 0.115 e. The van der Waals surface area contributed by atoms with Crippen molar-refractivity contribution in [2.75, 3.05) is 7.05 Å². The Bertz CT molecular complexity index is 526. The summed E-state index contributed by atoms with van der Waals surface area (Å²) in [6.07, 6.45) is 0. The molecule has 1 aromatic heterocycles. The summed E-state index contributed by atoms with van der Waals surface area (Å²) in [5, 5.41) is 5.54. The second kappa shape index (κ2) is 5.57. The molecule has 0 amide bonds. The lowest BCUT2D eigenvalue weighted by Crippen LogP contribution is -2.18. The fourth-order valence-corrected chi connectivity index (χ4v) is 3.46. The number of halogens is 2. The Labute approximate surface area is 121 Å². The van der Waals surface area contributed by atoms with Gasteiger partial charge < -0.3 is 5.32 Å². The largest absolute Gasteiger partial charge is 0.307 e. The average molecular weight is 301 g/mol. The summed E-state index contributed by atoms with van der Waals surface area (Å²) in [6, 6.07) is 5.48. The maximum Gasteiger partial charge on any atom is 0.115 e. The summed E-state index contributed by atoms with van der Waals surface area (Å²) in [5.41, 5.74) is 1.94. The zero-order valence-electron chi connectivity index (χ0n) is 10.4. The van der Waals surface area contributed by atoms with Crippen molar-refractivity contribution in [3.05, 3.63) is 49.4 Å². The maximum absolute atomic E-state index is 6.25. The highest BCUT2D eigenvalue weighted by Gasteiger charge is 2.21. The minimum absolute atomic E-state index is 0.0661. The van der Waals surface area contributed by atoms with Crippen LogP contribution < -0.4 is 5.32 Å². The first-order valence-corrected chi connectivity index (χ1v) is 7.17. The van der Waals surface area contributed by atoms with Crippen LogP contribution in [0.25, 0.3) is 0 Å². The molecule has 96 valence electrons. The molecular formula is C13H14Cl2N2S. The quantitative estimate of drug-likeness (QED) is 0.910. The summed E-state index contributed by atoms with van der Waals surface area (Å²) in [7, 11) is 1.89. The van der Waals surface area contributed by atoms with Crippen molar-refractivity contribution in [2.24, 2.45) is 0 Å². The van der Waals surface area contributed by atoms with Gasteiger partial charge in [0.1, 0.15) is 5.01 Å². The van der Waals surface area contributed by atoms with Crippen molar-refractivity contribution in [3.63, 3.8) is 0 Å². The van der Waals surface area contributed by atoms with Gasteiger partial charge >= 0.3 is 0 Å². The van der Waals surface area contributed by atoms with E-state index in [0.29, 0.717) is 10.0 Å². The average Bonchev–Trinajstić information content (AvgIpc) is 2.64. The number of hydrogen-bond donors (Lipinski definition) is 1. The van der Waals surface area contributed by atoms with E-state index in [9.17, 15) is 0 Å². The third kappa shape index (κ3) is 2.54. The van der Waals surface area contributed by atoms with E-state index in [2.05, 4.69) is 17.2 Å². The van der Waals surface area contributed by atoms with Crippen LogP contribution in [0.3, 0.4) is 0 Å². The molecule has 0 radical (unpaired) electrons. The Kier molecular flexibility index (Phi) is 4.28. The van der Waals surface area contributed by atoms with Crippen LogP contribution in [0.4, 0.5) is 0 Å². The highest BCUT2D eigenvalue weighted by Crippen LogP contribution is 2.35. The van der Waals surface area contributed by atoms with Crippen LogP contribution >= 0.6 is 34.5 Å². The van der Waals surface area contributed by atoms with Gasteiger partial charge in [-0.25, -0.2) is 4.98 Å². The summed E-state index contributed by atoms with van der Waals surface area (Å²) >= 11 is 14.2. The van der Waals surface area contributed by atoms with Crippen LogP contribution in [0.1, 0.15) is 27.2 Å². The van der Waals surface area contributed by atoms with Gasteiger partial charge in [0.05, 0.1) is 11.7 Å². The second-order valence-electron chi connectivity index (χ2n) is 4.05. The fraction of sp³-hybridized carbons (Fsp3) is 0.308. The maximum atomic E-state index is 6.25. The van der Waals surface area contributed by atoms with Crippen LogP contribution in [0.5, 0.6) is 0 Å². The topological polar surface area (TPSA) is 24.9 Å². The Balaban J connectivity index is 2.52. The van der Waals surface area contributed by atoms with Gasteiger partial charge in [0.15, 0.2) is 0 Å². The summed E-state index contributed by atoms with van der Waals surface area (Å²) in [6.45, 7) is 4.08. The van der Waals surface area contributed by atoms with Crippen molar-refractivity contribution < 1.29 is 0 Å². The molecule has 18 heavy (non-hydrogen) atoms. The van der Waals surface area contributed by atoms with Gasteiger partial charge in [-0.1, -0.05) is 29.3 Å². The number of nitrogens with zero attached hydrogens (tertiary/aromatic N) is 1. The Hall–Kier alpha value is -0.610. The van der Waals surface area contributed by atoms with Crippen molar-refractivity contribution in [3.8, 4) is 0 Å². The van der Waals surface area contributed by atoms with E-state index < -0.39 is 0 Å². The Morgan fingerprint density at radius 2 is 1.83 bits per heavy atom. The molecule has 1 heterocycles. The molecule has 0 saturated heterocycles. The molecule has 0 bridgehead atoms. The van der Waals surface area contributed by atoms with Gasteiger partial charge in [0.25, 0.3) is 0 Å². The molecule has 0 aliphatic carbocycles. The molecule has 2 aromatic rings. The molecule has 2 nitrogen and oxygen atoms in total. The van der Waals surface area contributed by atoms with E-state index >= 15 is 0 Å². The lowest BCUT2D eigenvalue weighted by atomic mass is 10.1. The minimum Gasteiger partial charge on any atom is -0.307 e. The van der Waals surface area contributed by atoms with E-state index in [1.807, 2.05) is 32.2 Å². The molecule has 1 aromatic carbocycles. The van der Waals surface area contributed by atoms with Gasteiger partial charge in [-0.05, 0) is 33.0 Å². The van der Waals surface area contributed by atoms with Crippen LogP contribution in [-0.2, 0) is 0 Å². The first-order chi connectivity index (χ1) is 8.54. The lowest BCUT2D eigenvalue weighted by molar-refractivity contribution is 0.685. The van der Waals surface area contributed by atoms with Gasteiger partial charge in [0.2, 0.25) is 0 Å². The molecule has 0 fully saturated rings. The van der Waals surface area contributed by atoms with E-state index in [1.165, 1.54) is 4.88 Å². The first kappa shape index (κ1) is 13.8. The van der Waals surface area contributed by atoms with Gasteiger partial charge in [-0.2, -0.15) is 0 Å². The number of rotatable bonds is 3. The minimum atomic E-state index is -0.0661. The Morgan fingerprint density at radius 3 is 2.28 bits per heavy atom. The Morgan fingerprint density at radius 1 is 1.22 bits per heavy atom. The van der Waals surface area contributed by atoms with Crippen molar-refractivity contribution in [1.29, 1.82) is 0 Å². The van der Waals surface area contributed by atoms with Crippen molar-refractivity contribution >= 4 is 34.5 Å². The molecule has 1 atom stereocenters. The summed E-state index contributed by atoms with van der Waals surface area (Å²) in [4.78, 5) is 5.79. The lowest BCUT2D eigenvalue weighted by Gasteiger charge is -2.17. The molecule has 0 aliphatic rings. The summed E-state index contributed by atoms with van der Waals surface area (Å²) in [5.74, 6) is 0. The van der Waals surface area contributed by atoms with Crippen molar-refractivity contribution in [1.82, 2.24) is 10.3 Å². The molecule has 2 rings (SSSR count). The standard InChI is InChI=1S/C13H14Cl2N2S/c1-7-8(2)18-13(17-7)12(16-3)11-9(14)5-4-6-10(11)15/h4-6,12,16H,1-3H3. The molecule has 1 unspecified atom stereocenters. The second-order valence-corrected chi connectivity index (χ2v) is 6.10. The molecule has 5 heteroatoms. The summed E-state index contributed by atoms with van der Waals surface area (Å²) < 4.78 is 0.